The molecule has 0 radical (unpaired) electrons. The van der Waals surface area contributed by atoms with Crippen molar-refractivity contribution in [2.45, 2.75) is 24.1 Å². The summed E-state index contributed by atoms with van der Waals surface area (Å²) in [5, 5.41) is 6.39. The smallest absolute Gasteiger partial charge is 0.224 e. The molecule has 0 unspecified atom stereocenters. The molecule has 0 amide bonds. The lowest BCUT2D eigenvalue weighted by atomic mass is 10.5. The van der Waals surface area contributed by atoms with Gasteiger partial charge in [-0.3, -0.25) is 4.68 Å². The van der Waals surface area contributed by atoms with E-state index in [9.17, 15) is 8.42 Å². The Morgan fingerprint density at radius 3 is 2.71 bits per heavy atom. The Morgan fingerprint density at radius 1 is 1.43 bits per heavy atom. The van der Waals surface area contributed by atoms with Gasteiger partial charge in [-0.15, -0.1) is 0 Å². The maximum atomic E-state index is 12.3. The topological polar surface area (TPSA) is 89.8 Å². The van der Waals surface area contributed by atoms with Gasteiger partial charge >= 0.3 is 0 Å². The number of aryl methyl sites for hydroxylation is 1. The molecule has 0 bridgehead atoms. The van der Waals surface area contributed by atoms with Crippen LogP contribution in [0.1, 0.15) is 13.8 Å². The summed E-state index contributed by atoms with van der Waals surface area (Å²) in [7, 11) is -1.87. The molecule has 0 fully saturated rings. The lowest BCUT2D eigenvalue weighted by Gasteiger charge is -2.09. The number of sulfone groups is 1. The predicted octanol–water partition coefficient (Wildman–Crippen LogP) is 2.55. The Balaban J connectivity index is 2.49. The second kappa shape index (κ2) is 5.90. The first-order valence-electron chi connectivity index (χ1n) is 5.94. The van der Waals surface area contributed by atoms with Gasteiger partial charge in [0.05, 0.1) is 15.4 Å². The fourth-order valence-corrected chi connectivity index (χ4v) is 3.07. The molecule has 21 heavy (non-hydrogen) atoms. The average Bonchev–Trinajstić information content (AvgIpc) is 2.75. The highest BCUT2D eigenvalue weighted by Gasteiger charge is 2.27. The Morgan fingerprint density at radius 2 is 2.10 bits per heavy atom. The first kappa shape index (κ1) is 16.2. The lowest BCUT2D eigenvalue weighted by molar-refractivity contribution is 0.579. The van der Waals surface area contributed by atoms with Crippen molar-refractivity contribution in [3.05, 3.63) is 22.1 Å². The van der Waals surface area contributed by atoms with Crippen molar-refractivity contribution in [1.82, 2.24) is 19.7 Å². The van der Waals surface area contributed by atoms with Crippen LogP contribution in [0.25, 0.3) is 0 Å². The molecule has 2 aromatic heterocycles. The number of nitrogens with one attached hydrogen (secondary N) is 1. The van der Waals surface area contributed by atoms with E-state index in [1.165, 1.54) is 10.9 Å². The van der Waals surface area contributed by atoms with Crippen LogP contribution in [0.5, 0.6) is 0 Å². The number of nitrogens with zero attached hydrogens (tertiary/aromatic N) is 4. The van der Waals surface area contributed by atoms with Crippen molar-refractivity contribution in [2.75, 3.05) is 5.32 Å². The maximum absolute atomic E-state index is 12.3. The summed E-state index contributed by atoms with van der Waals surface area (Å²) in [5.41, 5.74) is 0.335. The van der Waals surface area contributed by atoms with Crippen LogP contribution >= 0.6 is 27.5 Å². The van der Waals surface area contributed by atoms with Gasteiger partial charge in [-0.25, -0.2) is 13.4 Å². The number of hydrogen-bond donors (Lipinski definition) is 1. The molecular formula is C11H13BrClN5O2S. The summed E-state index contributed by atoms with van der Waals surface area (Å²) in [5.74, 6) is 0.364. The minimum absolute atomic E-state index is 0.0263. The van der Waals surface area contributed by atoms with Gasteiger partial charge in [-0.1, -0.05) is 0 Å². The van der Waals surface area contributed by atoms with Crippen molar-refractivity contribution in [2.24, 2.45) is 7.05 Å². The third-order valence-corrected chi connectivity index (χ3v) is 5.50. The number of aromatic nitrogens is 4. The molecule has 0 atom stereocenters. The van der Waals surface area contributed by atoms with Crippen LogP contribution in [0.4, 0.5) is 11.5 Å². The zero-order chi connectivity index (χ0) is 15.8. The van der Waals surface area contributed by atoms with E-state index in [0.29, 0.717) is 16.0 Å². The summed E-state index contributed by atoms with van der Waals surface area (Å²) in [6.45, 7) is 3.20. The predicted molar refractivity (Wildman–Crippen MR) is 83.6 cm³/mol. The van der Waals surface area contributed by atoms with Gasteiger partial charge in [-0.2, -0.15) is 10.1 Å². The van der Waals surface area contributed by atoms with Crippen molar-refractivity contribution >= 4 is 48.9 Å². The fourth-order valence-electron chi connectivity index (χ4n) is 1.55. The highest BCUT2D eigenvalue weighted by atomic mass is 79.9. The van der Waals surface area contributed by atoms with E-state index in [-0.39, 0.29) is 10.3 Å². The molecule has 1 N–H and O–H groups in total. The van der Waals surface area contributed by atoms with E-state index in [2.05, 4.69) is 36.3 Å². The molecule has 2 rings (SSSR count). The zero-order valence-electron chi connectivity index (χ0n) is 11.5. The van der Waals surface area contributed by atoms with Crippen LogP contribution in [-0.2, 0) is 16.9 Å². The summed E-state index contributed by atoms with van der Waals surface area (Å²) < 4.78 is 26.6. The van der Waals surface area contributed by atoms with Crippen molar-refractivity contribution in [3.8, 4) is 0 Å². The molecule has 114 valence electrons. The molecule has 7 nitrogen and oxygen atoms in total. The summed E-state index contributed by atoms with van der Waals surface area (Å²) >= 11 is 9.02. The van der Waals surface area contributed by atoms with Gasteiger partial charge in [0.2, 0.25) is 20.1 Å². The van der Waals surface area contributed by atoms with Crippen LogP contribution in [0.15, 0.2) is 21.9 Å². The third kappa shape index (κ3) is 3.35. The number of hydrogen-bond acceptors (Lipinski definition) is 6. The van der Waals surface area contributed by atoms with E-state index in [4.69, 9.17) is 11.6 Å². The lowest BCUT2D eigenvalue weighted by Crippen LogP contribution is -2.16. The van der Waals surface area contributed by atoms with Crippen LogP contribution in [-0.4, -0.2) is 33.4 Å². The molecular weight excluding hydrogens is 382 g/mol. The first-order chi connectivity index (χ1) is 9.71. The van der Waals surface area contributed by atoms with Crippen molar-refractivity contribution in [1.29, 1.82) is 0 Å². The first-order valence-corrected chi connectivity index (χ1v) is 8.66. The average molecular weight is 395 g/mol. The van der Waals surface area contributed by atoms with E-state index >= 15 is 0 Å². The number of rotatable bonds is 4. The summed E-state index contributed by atoms with van der Waals surface area (Å²) in [4.78, 5) is 7.82. The Labute approximate surface area is 135 Å². The summed E-state index contributed by atoms with van der Waals surface area (Å²) in [6, 6.07) is 0. The van der Waals surface area contributed by atoms with Crippen molar-refractivity contribution < 1.29 is 8.42 Å². The van der Waals surface area contributed by atoms with Crippen LogP contribution < -0.4 is 5.32 Å². The number of anilines is 2. The SMILES string of the molecule is CC(C)S(=O)(=O)c1nn(C)cc1Nc1nc(Cl)ncc1Br. The Hall–Kier alpha value is -1.19. The molecule has 0 aliphatic heterocycles. The zero-order valence-corrected chi connectivity index (χ0v) is 14.7. The monoisotopic (exact) mass is 393 g/mol. The molecule has 2 aromatic rings. The fraction of sp³-hybridized carbons (Fsp3) is 0.364. The van der Waals surface area contributed by atoms with Gasteiger partial charge < -0.3 is 5.32 Å². The molecule has 0 saturated carbocycles. The molecule has 0 spiro atoms. The van der Waals surface area contributed by atoms with Gasteiger partial charge in [0.25, 0.3) is 0 Å². The van der Waals surface area contributed by atoms with Crippen LogP contribution in [0.3, 0.4) is 0 Å². The van der Waals surface area contributed by atoms with Gasteiger partial charge in [0.15, 0.2) is 0 Å². The quantitative estimate of drug-likeness (QED) is 0.802. The second-order valence-electron chi connectivity index (χ2n) is 4.58. The molecule has 0 aliphatic rings. The normalized spacial score (nSPS) is 11.9. The molecule has 0 aromatic carbocycles. The van der Waals surface area contributed by atoms with Crippen LogP contribution in [0.2, 0.25) is 5.28 Å². The Kier molecular flexibility index (Phi) is 4.54. The molecule has 0 saturated heterocycles. The second-order valence-corrected chi connectivity index (χ2v) is 8.19. The maximum Gasteiger partial charge on any atom is 0.224 e. The summed E-state index contributed by atoms with van der Waals surface area (Å²) in [6.07, 6.45) is 3.04. The third-order valence-electron chi connectivity index (χ3n) is 2.65. The largest absolute Gasteiger partial charge is 0.335 e. The van der Waals surface area contributed by atoms with E-state index in [1.54, 1.807) is 27.1 Å². The molecule has 10 heteroatoms. The van der Waals surface area contributed by atoms with Gasteiger partial charge in [0.1, 0.15) is 5.82 Å². The minimum atomic E-state index is -3.52. The van der Waals surface area contributed by atoms with E-state index < -0.39 is 15.1 Å². The molecule has 0 aliphatic carbocycles. The van der Waals surface area contributed by atoms with E-state index in [1.807, 2.05) is 0 Å². The molecule has 2 heterocycles. The van der Waals surface area contributed by atoms with Crippen LogP contribution in [0, 0.1) is 0 Å². The van der Waals surface area contributed by atoms with Gasteiger partial charge in [-0.05, 0) is 41.4 Å². The van der Waals surface area contributed by atoms with Crippen molar-refractivity contribution in [3.63, 3.8) is 0 Å². The highest BCUT2D eigenvalue weighted by molar-refractivity contribution is 9.10. The standard InChI is InChI=1S/C11H13BrClN5O2S/c1-6(2)21(19,20)10-8(5-18(3)17-10)15-9-7(12)4-14-11(13)16-9/h4-6H,1-3H3,(H,14,15,16). The number of halogens is 2. The van der Waals surface area contributed by atoms with Gasteiger partial charge in [0, 0.05) is 19.4 Å². The van der Waals surface area contributed by atoms with E-state index in [0.717, 1.165) is 0 Å². The minimum Gasteiger partial charge on any atom is -0.335 e. The Bertz CT molecular complexity index is 775. The highest BCUT2D eigenvalue weighted by Crippen LogP contribution is 2.29.